The Morgan fingerprint density at radius 1 is 1.08 bits per heavy atom. The Morgan fingerprint density at radius 2 is 1.62 bits per heavy atom. The molecule has 0 N–H and O–H groups in total. The van der Waals surface area contributed by atoms with Crippen LogP contribution in [-0.4, -0.2) is 4.98 Å². The smallest absolute Gasteiger partial charge is 0.202 e. The normalized spacial score (nSPS) is 11.8. The molecule has 0 atom stereocenters. The summed E-state index contributed by atoms with van der Waals surface area (Å²) in [5, 5.41) is 0. The first-order valence-electron chi connectivity index (χ1n) is 3.84. The maximum Gasteiger partial charge on any atom is 0.251 e. The molecule has 0 aromatic carbocycles. The number of aromatic nitrogens is 1. The number of rotatable bonds is 0. The highest BCUT2D eigenvalue weighted by atomic mass is 19.2. The molecule has 13 heavy (non-hydrogen) atoms. The van der Waals surface area contributed by atoms with Crippen molar-refractivity contribution >= 4 is 0 Å². The van der Waals surface area contributed by atoms with E-state index in [2.05, 4.69) is 4.98 Å². The lowest BCUT2D eigenvalue weighted by molar-refractivity contribution is 0.422. The number of hydrogen-bond donors (Lipinski definition) is 0. The third-order valence-electron chi connectivity index (χ3n) is 1.69. The van der Waals surface area contributed by atoms with Crippen molar-refractivity contribution < 1.29 is 13.2 Å². The Hall–Kier alpha value is -1.06. The lowest BCUT2D eigenvalue weighted by Crippen LogP contribution is -2.16. The molecule has 0 amide bonds. The molecule has 0 bridgehead atoms. The van der Waals surface area contributed by atoms with Crippen LogP contribution >= 0.6 is 0 Å². The molecule has 0 aliphatic carbocycles. The van der Waals surface area contributed by atoms with Gasteiger partial charge in [0.1, 0.15) is 0 Å². The molecule has 1 nitrogen and oxygen atoms in total. The molecule has 1 aromatic rings. The first kappa shape index (κ1) is 10.0. The minimum atomic E-state index is -1.40. The molecule has 0 fully saturated rings. The van der Waals surface area contributed by atoms with Crippen molar-refractivity contribution in [2.45, 2.75) is 26.2 Å². The standard InChI is InChI=1S/C9H10F3N/c1-9(2,3)5-4-6(10)8(12)13-7(5)11/h4H,1-3H3. The molecule has 4 heteroatoms. The van der Waals surface area contributed by atoms with Crippen LogP contribution in [0.2, 0.25) is 0 Å². The van der Waals surface area contributed by atoms with E-state index in [9.17, 15) is 13.2 Å². The fraction of sp³-hybridized carbons (Fsp3) is 0.444. The van der Waals surface area contributed by atoms with Crippen molar-refractivity contribution in [3.63, 3.8) is 0 Å². The van der Waals surface area contributed by atoms with Crippen LogP contribution in [0.5, 0.6) is 0 Å². The van der Waals surface area contributed by atoms with Crippen LogP contribution < -0.4 is 0 Å². The summed E-state index contributed by atoms with van der Waals surface area (Å²) in [5.74, 6) is -3.47. The summed E-state index contributed by atoms with van der Waals surface area (Å²) in [4.78, 5) is 2.83. The molecule has 1 aromatic heterocycles. The Bertz CT molecular complexity index is 328. The minimum absolute atomic E-state index is 0.0754. The second-order valence-corrected chi connectivity index (χ2v) is 3.85. The van der Waals surface area contributed by atoms with E-state index >= 15 is 0 Å². The molecule has 1 heterocycles. The monoisotopic (exact) mass is 189 g/mol. The van der Waals surface area contributed by atoms with Crippen molar-refractivity contribution in [1.29, 1.82) is 0 Å². The Kier molecular flexibility index (Phi) is 2.32. The molecule has 72 valence electrons. The zero-order valence-corrected chi connectivity index (χ0v) is 7.66. The van der Waals surface area contributed by atoms with E-state index in [0.717, 1.165) is 6.07 Å². The highest BCUT2D eigenvalue weighted by Crippen LogP contribution is 2.25. The van der Waals surface area contributed by atoms with Gasteiger partial charge in [0.15, 0.2) is 5.82 Å². The third kappa shape index (κ3) is 1.99. The first-order valence-corrected chi connectivity index (χ1v) is 3.84. The number of hydrogen-bond acceptors (Lipinski definition) is 1. The van der Waals surface area contributed by atoms with Gasteiger partial charge < -0.3 is 0 Å². The van der Waals surface area contributed by atoms with Crippen LogP contribution in [0, 0.1) is 17.7 Å². The summed E-state index contributed by atoms with van der Waals surface area (Å²) in [7, 11) is 0. The molecule has 0 spiro atoms. The Morgan fingerprint density at radius 3 is 2.08 bits per heavy atom. The summed E-state index contributed by atoms with van der Waals surface area (Å²) < 4.78 is 38.1. The molecule has 0 radical (unpaired) electrons. The highest BCUT2D eigenvalue weighted by molar-refractivity contribution is 5.21. The van der Waals surface area contributed by atoms with Crippen molar-refractivity contribution in [2.24, 2.45) is 0 Å². The van der Waals surface area contributed by atoms with E-state index in [1.54, 1.807) is 20.8 Å². The average Bonchev–Trinajstić information content (AvgIpc) is 1.94. The van der Waals surface area contributed by atoms with Crippen LogP contribution in [0.1, 0.15) is 26.3 Å². The molecule has 0 saturated heterocycles. The van der Waals surface area contributed by atoms with E-state index in [4.69, 9.17) is 0 Å². The topological polar surface area (TPSA) is 12.9 Å². The quantitative estimate of drug-likeness (QED) is 0.572. The second-order valence-electron chi connectivity index (χ2n) is 3.85. The summed E-state index contributed by atoms with van der Waals surface area (Å²) in [6.45, 7) is 5.10. The number of halogens is 3. The second kappa shape index (κ2) is 3.01. The van der Waals surface area contributed by atoms with Gasteiger partial charge in [-0.3, -0.25) is 0 Å². The van der Waals surface area contributed by atoms with Crippen LogP contribution in [0.25, 0.3) is 0 Å². The van der Waals surface area contributed by atoms with Gasteiger partial charge in [-0.15, -0.1) is 0 Å². The minimum Gasteiger partial charge on any atom is -0.202 e. The Balaban J connectivity index is 3.32. The van der Waals surface area contributed by atoms with Gasteiger partial charge in [0.25, 0.3) is 5.95 Å². The summed E-state index contributed by atoms with van der Waals surface area (Å²) in [5.41, 5.74) is -0.502. The molecule has 0 unspecified atom stereocenters. The van der Waals surface area contributed by atoms with E-state index in [0.29, 0.717) is 0 Å². The summed E-state index contributed by atoms with van der Waals surface area (Å²) >= 11 is 0. The first-order chi connectivity index (χ1) is 5.82. The molecule has 0 aliphatic rings. The molecule has 0 aliphatic heterocycles. The van der Waals surface area contributed by atoms with E-state index in [-0.39, 0.29) is 5.56 Å². The number of pyridine rings is 1. The van der Waals surface area contributed by atoms with Crippen molar-refractivity contribution in [3.8, 4) is 0 Å². The van der Waals surface area contributed by atoms with Crippen LogP contribution in [-0.2, 0) is 5.41 Å². The molecule has 0 saturated carbocycles. The van der Waals surface area contributed by atoms with Gasteiger partial charge in [-0.25, -0.2) is 4.39 Å². The van der Waals surface area contributed by atoms with Gasteiger partial charge in [0.2, 0.25) is 5.95 Å². The third-order valence-corrected chi connectivity index (χ3v) is 1.69. The predicted molar refractivity (Wildman–Crippen MR) is 42.8 cm³/mol. The largest absolute Gasteiger partial charge is 0.251 e. The average molecular weight is 189 g/mol. The highest BCUT2D eigenvalue weighted by Gasteiger charge is 2.22. The van der Waals surface area contributed by atoms with Crippen LogP contribution in [0.15, 0.2) is 6.07 Å². The van der Waals surface area contributed by atoms with Gasteiger partial charge >= 0.3 is 0 Å². The maximum absolute atomic E-state index is 13.0. The molecular formula is C9H10F3N. The van der Waals surface area contributed by atoms with Crippen molar-refractivity contribution in [3.05, 3.63) is 29.3 Å². The molecular weight excluding hydrogens is 179 g/mol. The van der Waals surface area contributed by atoms with Gasteiger partial charge in [-0.1, -0.05) is 20.8 Å². The fourth-order valence-corrected chi connectivity index (χ4v) is 0.972. The van der Waals surface area contributed by atoms with Crippen molar-refractivity contribution in [2.75, 3.05) is 0 Å². The zero-order chi connectivity index (χ0) is 10.2. The van der Waals surface area contributed by atoms with E-state index in [1.807, 2.05) is 0 Å². The fourth-order valence-electron chi connectivity index (χ4n) is 0.972. The summed E-state index contributed by atoms with van der Waals surface area (Å²) in [6.07, 6.45) is 0. The van der Waals surface area contributed by atoms with Gasteiger partial charge in [-0.05, 0) is 11.5 Å². The lowest BCUT2D eigenvalue weighted by atomic mass is 9.88. The van der Waals surface area contributed by atoms with Crippen LogP contribution in [0.4, 0.5) is 13.2 Å². The van der Waals surface area contributed by atoms with Gasteiger partial charge in [0, 0.05) is 5.56 Å². The predicted octanol–water partition coefficient (Wildman–Crippen LogP) is 2.80. The van der Waals surface area contributed by atoms with E-state index < -0.39 is 23.1 Å². The Labute approximate surface area is 74.6 Å². The van der Waals surface area contributed by atoms with Gasteiger partial charge in [-0.2, -0.15) is 13.8 Å². The number of nitrogens with zero attached hydrogens (tertiary/aromatic N) is 1. The van der Waals surface area contributed by atoms with Crippen molar-refractivity contribution in [1.82, 2.24) is 4.98 Å². The molecule has 1 rings (SSSR count). The lowest BCUT2D eigenvalue weighted by Gasteiger charge is -2.18. The zero-order valence-electron chi connectivity index (χ0n) is 7.66. The van der Waals surface area contributed by atoms with Crippen LogP contribution in [0.3, 0.4) is 0 Å². The maximum atomic E-state index is 13.0. The van der Waals surface area contributed by atoms with Gasteiger partial charge in [0.05, 0.1) is 0 Å². The van der Waals surface area contributed by atoms with E-state index in [1.165, 1.54) is 0 Å². The summed E-state index contributed by atoms with van der Waals surface area (Å²) in [6, 6.07) is 0.845. The SMILES string of the molecule is CC(C)(C)c1cc(F)c(F)nc1F.